The van der Waals surface area contributed by atoms with Crippen molar-refractivity contribution in [1.29, 1.82) is 0 Å². The lowest BCUT2D eigenvalue weighted by Gasteiger charge is -2.03. The van der Waals surface area contributed by atoms with Gasteiger partial charge in [-0.25, -0.2) is 0 Å². The number of hydrogen-bond acceptors (Lipinski definition) is 2. The minimum Gasteiger partial charge on any atom is -0.481 e. The average Bonchev–Trinajstić information content (AvgIpc) is 2.45. The normalized spacial score (nSPS) is 10.5. The van der Waals surface area contributed by atoms with E-state index in [2.05, 4.69) is 41.4 Å². The van der Waals surface area contributed by atoms with E-state index in [9.17, 15) is 9.90 Å². The quantitative estimate of drug-likeness (QED) is 0.424. The highest BCUT2D eigenvalue weighted by Gasteiger charge is 2.00. The van der Waals surface area contributed by atoms with Crippen LogP contribution in [0.3, 0.4) is 0 Å². The Morgan fingerprint density at radius 2 is 1.81 bits per heavy atom. The molecule has 0 amide bonds. The molecular formula is C18H16O3. The fourth-order valence-corrected chi connectivity index (χ4v) is 1.23. The Bertz CT molecular complexity index is 599. The topological polar surface area (TPSA) is 57.5 Å². The van der Waals surface area contributed by atoms with Gasteiger partial charge in [-0.3, -0.25) is 4.79 Å². The van der Waals surface area contributed by atoms with Crippen LogP contribution in [0.1, 0.15) is 25.7 Å². The maximum Gasteiger partial charge on any atom is 0.303 e. The molecular weight excluding hydrogens is 264 g/mol. The molecule has 3 nitrogen and oxygen atoms in total. The fraction of sp³-hybridized carbons (Fsp3) is 0.278. The van der Waals surface area contributed by atoms with Gasteiger partial charge in [-0.1, -0.05) is 24.1 Å². The molecule has 1 atom stereocenters. The summed E-state index contributed by atoms with van der Waals surface area (Å²) in [4.78, 5) is 10.3. The lowest BCUT2D eigenvalue weighted by atomic mass is 10.1. The van der Waals surface area contributed by atoms with Crippen LogP contribution in [-0.4, -0.2) is 22.3 Å². The molecule has 2 N–H and O–H groups in total. The van der Waals surface area contributed by atoms with Crippen molar-refractivity contribution < 1.29 is 15.0 Å². The summed E-state index contributed by atoms with van der Waals surface area (Å²) >= 11 is 0. The molecule has 0 aliphatic carbocycles. The van der Waals surface area contributed by atoms with E-state index in [1.165, 1.54) is 0 Å². The highest BCUT2D eigenvalue weighted by atomic mass is 16.4. The lowest BCUT2D eigenvalue weighted by Crippen LogP contribution is -2.02. The van der Waals surface area contributed by atoms with Gasteiger partial charge in [0.15, 0.2) is 0 Å². The number of carbonyl (C=O) groups is 1. The Morgan fingerprint density at radius 1 is 1.10 bits per heavy atom. The number of allylic oxidation sites excluding steroid dienone is 3. The van der Waals surface area contributed by atoms with E-state index < -0.39 is 12.1 Å². The second kappa shape index (κ2) is 13.6. The van der Waals surface area contributed by atoms with Gasteiger partial charge in [0.25, 0.3) is 0 Å². The van der Waals surface area contributed by atoms with E-state index in [1.807, 2.05) is 0 Å². The molecule has 0 spiro atoms. The average molecular weight is 280 g/mol. The molecule has 0 aliphatic heterocycles. The number of unbranched alkanes of at least 4 members (excludes halogenated alkanes) is 1. The van der Waals surface area contributed by atoms with Crippen LogP contribution in [0.5, 0.6) is 0 Å². The summed E-state index contributed by atoms with van der Waals surface area (Å²) in [5.41, 5.74) is 0. The number of rotatable bonds is 7. The second-order valence-corrected chi connectivity index (χ2v) is 3.86. The maximum atomic E-state index is 10.3. The van der Waals surface area contributed by atoms with Crippen molar-refractivity contribution in [2.75, 3.05) is 0 Å². The fourth-order valence-electron chi connectivity index (χ4n) is 1.23. The van der Waals surface area contributed by atoms with E-state index >= 15 is 0 Å². The van der Waals surface area contributed by atoms with Gasteiger partial charge in [-0.05, 0) is 60.9 Å². The van der Waals surface area contributed by atoms with Gasteiger partial charge in [0.2, 0.25) is 0 Å². The zero-order valence-electron chi connectivity index (χ0n) is 11.6. The Morgan fingerprint density at radius 3 is 2.52 bits per heavy atom. The van der Waals surface area contributed by atoms with Crippen molar-refractivity contribution in [1.82, 2.24) is 0 Å². The van der Waals surface area contributed by atoms with Crippen molar-refractivity contribution in [3.05, 3.63) is 24.3 Å². The third-order valence-electron chi connectivity index (χ3n) is 2.16. The molecule has 0 heterocycles. The molecule has 0 aliphatic rings. The first-order valence-corrected chi connectivity index (χ1v) is 6.36. The van der Waals surface area contributed by atoms with Gasteiger partial charge in [-0.15, -0.1) is 6.42 Å². The lowest BCUT2D eigenvalue weighted by molar-refractivity contribution is -0.137. The Hall–Kier alpha value is -2.85. The van der Waals surface area contributed by atoms with Crippen LogP contribution < -0.4 is 0 Å². The number of carboxylic acids is 1. The summed E-state index contributed by atoms with van der Waals surface area (Å²) in [5, 5.41) is 18.0. The van der Waals surface area contributed by atoms with Crippen LogP contribution in [0, 0.1) is 47.9 Å². The molecule has 3 heteroatoms. The molecule has 0 bridgehead atoms. The largest absolute Gasteiger partial charge is 0.481 e. The Kier molecular flexibility index (Phi) is 11.7. The highest BCUT2D eigenvalue weighted by Crippen LogP contribution is 2.04. The van der Waals surface area contributed by atoms with Crippen molar-refractivity contribution >= 4 is 5.97 Å². The molecule has 0 aromatic rings. The zero-order chi connectivity index (χ0) is 15.8. The summed E-state index contributed by atoms with van der Waals surface area (Å²) in [5.74, 6) is 16.3. The molecule has 0 rings (SSSR count). The number of carboxylic acid groups (broad SMARTS) is 1. The summed E-state index contributed by atoms with van der Waals surface area (Å²) in [7, 11) is 0. The number of hydrogen-bond donors (Lipinski definition) is 2. The van der Waals surface area contributed by atoms with Gasteiger partial charge < -0.3 is 10.2 Å². The second-order valence-electron chi connectivity index (χ2n) is 3.86. The van der Waals surface area contributed by atoms with Gasteiger partial charge in [0, 0.05) is 6.42 Å². The predicted molar refractivity (Wildman–Crippen MR) is 82.6 cm³/mol. The number of aliphatic carboxylic acids is 1. The van der Waals surface area contributed by atoms with Gasteiger partial charge in [0.05, 0.1) is 6.10 Å². The number of terminal acetylenes is 1. The van der Waals surface area contributed by atoms with Crippen molar-refractivity contribution in [2.24, 2.45) is 0 Å². The standard InChI is InChI=1S/C18H16O3/c1-2-3-4-5-6-7-8-9-10-11-14-17(19)15-12-13-16-18(20)21/h1,9-11,14,17,19H,12-13,15-16H2,(H,20,21). The third kappa shape index (κ3) is 15.1. The molecule has 0 radical (unpaired) electrons. The monoisotopic (exact) mass is 280 g/mol. The van der Waals surface area contributed by atoms with E-state index in [0.717, 1.165) is 0 Å². The van der Waals surface area contributed by atoms with Crippen LogP contribution in [0.2, 0.25) is 0 Å². The van der Waals surface area contributed by atoms with Crippen molar-refractivity contribution in [2.45, 2.75) is 31.8 Å². The Balaban J connectivity index is 3.90. The minimum absolute atomic E-state index is 0.138. The molecule has 0 saturated carbocycles. The first-order valence-electron chi connectivity index (χ1n) is 6.36. The van der Waals surface area contributed by atoms with Gasteiger partial charge in [-0.2, -0.15) is 0 Å². The van der Waals surface area contributed by atoms with Crippen LogP contribution in [0.25, 0.3) is 0 Å². The first kappa shape index (κ1) is 18.1. The summed E-state index contributed by atoms with van der Waals surface area (Å²) < 4.78 is 0. The first-order chi connectivity index (χ1) is 10.2. The van der Waals surface area contributed by atoms with Crippen LogP contribution in [0.4, 0.5) is 0 Å². The molecule has 0 aromatic carbocycles. The van der Waals surface area contributed by atoms with E-state index in [0.29, 0.717) is 19.3 Å². The van der Waals surface area contributed by atoms with E-state index in [-0.39, 0.29) is 6.42 Å². The highest BCUT2D eigenvalue weighted by molar-refractivity contribution is 5.66. The summed E-state index contributed by atoms with van der Waals surface area (Å²) in [6.45, 7) is 0. The third-order valence-corrected chi connectivity index (χ3v) is 2.16. The van der Waals surface area contributed by atoms with Crippen LogP contribution >= 0.6 is 0 Å². The van der Waals surface area contributed by atoms with Crippen molar-refractivity contribution in [3.63, 3.8) is 0 Å². The molecule has 0 aromatic heterocycles. The number of aliphatic hydroxyl groups is 1. The maximum absolute atomic E-state index is 10.3. The molecule has 0 fully saturated rings. The summed E-state index contributed by atoms with van der Waals surface area (Å²) in [6, 6.07) is 0. The molecule has 0 saturated heterocycles. The number of aliphatic hydroxyl groups excluding tert-OH is 1. The van der Waals surface area contributed by atoms with Crippen molar-refractivity contribution in [3.8, 4) is 47.9 Å². The van der Waals surface area contributed by atoms with Gasteiger partial charge in [0.1, 0.15) is 0 Å². The molecule has 21 heavy (non-hydrogen) atoms. The van der Waals surface area contributed by atoms with E-state index in [4.69, 9.17) is 11.5 Å². The van der Waals surface area contributed by atoms with Gasteiger partial charge >= 0.3 is 5.97 Å². The predicted octanol–water partition coefficient (Wildman–Crippen LogP) is 1.75. The Labute approximate surface area is 125 Å². The van der Waals surface area contributed by atoms with Crippen LogP contribution in [0.15, 0.2) is 24.3 Å². The zero-order valence-corrected chi connectivity index (χ0v) is 11.6. The smallest absolute Gasteiger partial charge is 0.303 e. The minimum atomic E-state index is -0.810. The van der Waals surface area contributed by atoms with E-state index in [1.54, 1.807) is 24.3 Å². The van der Waals surface area contributed by atoms with Crippen LogP contribution in [-0.2, 0) is 4.79 Å². The summed E-state index contributed by atoms with van der Waals surface area (Å²) in [6.07, 6.45) is 12.9. The molecule has 106 valence electrons. The SMILES string of the molecule is C#CC#CC#CC#CC=CC=CC(O)CCCCC(=O)O. The molecule has 1 unspecified atom stereocenters.